The van der Waals surface area contributed by atoms with Crippen LogP contribution in [-0.4, -0.2) is 59.1 Å². The highest BCUT2D eigenvalue weighted by Gasteiger charge is 2.31. The molecule has 1 aromatic carbocycles. The van der Waals surface area contributed by atoms with Crippen LogP contribution in [0.1, 0.15) is 52.9 Å². The smallest absolute Gasteiger partial charge is 0.416 e. The van der Waals surface area contributed by atoms with Crippen LogP contribution in [-0.2, 0) is 23.8 Å². The van der Waals surface area contributed by atoms with E-state index in [1.54, 1.807) is 0 Å². The minimum absolute atomic E-state index is 0.171. The number of carbonyl (C=O) groups excluding carboxylic acids is 1. The van der Waals surface area contributed by atoms with Gasteiger partial charge in [0, 0.05) is 30.9 Å². The molecule has 2 unspecified atom stereocenters. The standard InChI is InChI=1S/C26H31F3N4O3/c27-26(28,29)20-5-1-3-19(15-20)24(34)32-22(25(35)36)11-14-33-13-10-17(16-33)6-8-21-9-7-18-4-2-12-30-23(18)31-21/h1,3,5,7,9,15,17,22H,2,4,6,8,10-14,16H2,(H,30,31)(H,32,34)(H,35,36). The maximum Gasteiger partial charge on any atom is 0.416 e. The number of pyridine rings is 1. The maximum absolute atomic E-state index is 12.9. The van der Waals surface area contributed by atoms with Crippen molar-refractivity contribution in [1.82, 2.24) is 15.2 Å². The number of nitrogens with zero attached hydrogens (tertiary/aromatic N) is 2. The first-order chi connectivity index (χ1) is 17.2. The third-order valence-electron chi connectivity index (χ3n) is 6.92. The second-order valence-corrected chi connectivity index (χ2v) is 9.57. The van der Waals surface area contributed by atoms with Gasteiger partial charge in [0.2, 0.25) is 0 Å². The lowest BCUT2D eigenvalue weighted by Crippen LogP contribution is -2.43. The number of carboxylic acids is 1. The fraction of sp³-hybridized carbons (Fsp3) is 0.500. The molecule has 194 valence electrons. The summed E-state index contributed by atoms with van der Waals surface area (Å²) in [6.07, 6.45) is 0.674. The van der Waals surface area contributed by atoms with Crippen molar-refractivity contribution in [2.45, 2.75) is 50.7 Å². The van der Waals surface area contributed by atoms with Crippen LogP contribution < -0.4 is 10.6 Å². The summed E-state index contributed by atoms with van der Waals surface area (Å²) in [5.41, 5.74) is 1.17. The number of aryl methyl sites for hydroxylation is 2. The number of carboxylic acid groups (broad SMARTS) is 1. The number of alkyl halides is 3. The van der Waals surface area contributed by atoms with Crippen molar-refractivity contribution in [3.8, 4) is 0 Å². The predicted octanol–water partition coefficient (Wildman–Crippen LogP) is 3.99. The van der Waals surface area contributed by atoms with Crippen molar-refractivity contribution in [3.05, 3.63) is 58.8 Å². The molecule has 3 heterocycles. The van der Waals surface area contributed by atoms with E-state index in [9.17, 15) is 27.9 Å². The normalized spacial score (nSPS) is 18.8. The summed E-state index contributed by atoms with van der Waals surface area (Å²) < 4.78 is 38.8. The van der Waals surface area contributed by atoms with E-state index in [0.717, 1.165) is 81.4 Å². The molecule has 2 aromatic rings. The molecule has 0 radical (unpaired) electrons. The average Bonchev–Trinajstić information content (AvgIpc) is 3.32. The molecule has 4 rings (SSSR count). The van der Waals surface area contributed by atoms with Gasteiger partial charge in [-0.2, -0.15) is 13.2 Å². The molecule has 1 amide bonds. The summed E-state index contributed by atoms with van der Waals surface area (Å²) in [4.78, 5) is 31.1. The molecule has 1 saturated heterocycles. The third-order valence-corrected chi connectivity index (χ3v) is 6.92. The Labute approximate surface area is 208 Å². The Morgan fingerprint density at radius 1 is 1.25 bits per heavy atom. The minimum atomic E-state index is -4.58. The van der Waals surface area contributed by atoms with Crippen LogP contribution in [0.5, 0.6) is 0 Å². The summed E-state index contributed by atoms with van der Waals surface area (Å²) in [7, 11) is 0. The number of hydrogen-bond donors (Lipinski definition) is 3. The molecule has 2 atom stereocenters. The number of fused-ring (bicyclic) bond motifs is 1. The number of likely N-dealkylation sites (tertiary alicyclic amines) is 1. The van der Waals surface area contributed by atoms with E-state index in [-0.39, 0.29) is 12.0 Å². The van der Waals surface area contributed by atoms with Gasteiger partial charge in [-0.3, -0.25) is 4.79 Å². The number of benzene rings is 1. The van der Waals surface area contributed by atoms with Gasteiger partial charge in [0.15, 0.2) is 0 Å². The number of anilines is 1. The zero-order chi connectivity index (χ0) is 25.7. The average molecular weight is 505 g/mol. The molecule has 7 nitrogen and oxygen atoms in total. The Morgan fingerprint density at radius 3 is 2.86 bits per heavy atom. The summed E-state index contributed by atoms with van der Waals surface area (Å²) in [5, 5.41) is 15.3. The number of hydrogen-bond acceptors (Lipinski definition) is 5. The summed E-state index contributed by atoms with van der Waals surface area (Å²) in [5.74, 6) is -0.560. The number of rotatable bonds is 9. The maximum atomic E-state index is 12.9. The number of nitrogens with one attached hydrogen (secondary N) is 2. The molecule has 1 fully saturated rings. The van der Waals surface area contributed by atoms with Gasteiger partial charge in [-0.05, 0) is 80.8 Å². The second-order valence-electron chi connectivity index (χ2n) is 9.57. The monoisotopic (exact) mass is 504 g/mol. The first-order valence-electron chi connectivity index (χ1n) is 12.3. The van der Waals surface area contributed by atoms with E-state index in [4.69, 9.17) is 4.98 Å². The van der Waals surface area contributed by atoms with Gasteiger partial charge in [0.25, 0.3) is 5.91 Å². The highest BCUT2D eigenvalue weighted by Crippen LogP contribution is 2.29. The van der Waals surface area contributed by atoms with Crippen LogP contribution in [0.4, 0.5) is 19.0 Å². The Kier molecular flexibility index (Phi) is 8.13. The van der Waals surface area contributed by atoms with Crippen molar-refractivity contribution in [3.63, 3.8) is 0 Å². The molecule has 0 saturated carbocycles. The number of aliphatic carboxylic acids is 1. The molecular formula is C26H31F3N4O3. The van der Waals surface area contributed by atoms with Crippen LogP contribution >= 0.6 is 0 Å². The summed E-state index contributed by atoms with van der Waals surface area (Å²) in [6, 6.07) is 7.04. The second kappa shape index (κ2) is 11.3. The molecular weight excluding hydrogens is 473 g/mol. The number of halogens is 3. The van der Waals surface area contributed by atoms with Crippen molar-refractivity contribution in [2.24, 2.45) is 5.92 Å². The fourth-order valence-corrected chi connectivity index (χ4v) is 4.86. The minimum Gasteiger partial charge on any atom is -0.480 e. The summed E-state index contributed by atoms with van der Waals surface area (Å²) >= 11 is 0. The largest absolute Gasteiger partial charge is 0.480 e. The van der Waals surface area contributed by atoms with E-state index < -0.39 is 29.7 Å². The van der Waals surface area contributed by atoms with Crippen molar-refractivity contribution >= 4 is 17.7 Å². The molecule has 2 aliphatic heterocycles. The van der Waals surface area contributed by atoms with Crippen LogP contribution in [0.2, 0.25) is 0 Å². The Balaban J connectivity index is 1.24. The Bertz CT molecular complexity index is 1090. The molecule has 1 aromatic heterocycles. The molecule has 0 spiro atoms. The van der Waals surface area contributed by atoms with Gasteiger partial charge >= 0.3 is 12.1 Å². The number of amides is 1. The SMILES string of the molecule is O=C(NC(CCN1CCC(CCc2ccc3c(n2)NCCC3)C1)C(=O)O)c1cccc(C(F)(F)F)c1. The topological polar surface area (TPSA) is 94.6 Å². The van der Waals surface area contributed by atoms with Gasteiger partial charge in [-0.25, -0.2) is 9.78 Å². The van der Waals surface area contributed by atoms with Gasteiger partial charge in [0.1, 0.15) is 11.9 Å². The van der Waals surface area contributed by atoms with Crippen LogP contribution in [0.25, 0.3) is 0 Å². The van der Waals surface area contributed by atoms with E-state index in [1.165, 1.54) is 11.6 Å². The molecule has 36 heavy (non-hydrogen) atoms. The predicted molar refractivity (Wildman–Crippen MR) is 129 cm³/mol. The van der Waals surface area contributed by atoms with Gasteiger partial charge in [-0.1, -0.05) is 12.1 Å². The summed E-state index contributed by atoms with van der Waals surface area (Å²) in [6.45, 7) is 3.13. The van der Waals surface area contributed by atoms with Crippen molar-refractivity contribution in [2.75, 3.05) is 31.5 Å². The zero-order valence-corrected chi connectivity index (χ0v) is 20.0. The van der Waals surface area contributed by atoms with Crippen LogP contribution in [0.3, 0.4) is 0 Å². The fourth-order valence-electron chi connectivity index (χ4n) is 4.86. The molecule has 0 aliphatic carbocycles. The number of aromatic nitrogens is 1. The van der Waals surface area contributed by atoms with Gasteiger partial charge < -0.3 is 20.6 Å². The Hall–Kier alpha value is -3.14. The zero-order valence-electron chi connectivity index (χ0n) is 20.0. The highest BCUT2D eigenvalue weighted by atomic mass is 19.4. The van der Waals surface area contributed by atoms with E-state index in [1.807, 2.05) is 0 Å². The van der Waals surface area contributed by atoms with Crippen LogP contribution in [0, 0.1) is 5.92 Å². The molecule has 3 N–H and O–H groups in total. The van der Waals surface area contributed by atoms with E-state index in [2.05, 4.69) is 27.7 Å². The third kappa shape index (κ3) is 6.75. The number of carbonyl (C=O) groups is 2. The van der Waals surface area contributed by atoms with Gasteiger partial charge in [0.05, 0.1) is 5.56 Å². The lowest BCUT2D eigenvalue weighted by atomic mass is 10.00. The van der Waals surface area contributed by atoms with E-state index in [0.29, 0.717) is 12.5 Å². The van der Waals surface area contributed by atoms with Crippen molar-refractivity contribution in [1.29, 1.82) is 0 Å². The van der Waals surface area contributed by atoms with Crippen LogP contribution in [0.15, 0.2) is 36.4 Å². The quantitative estimate of drug-likeness (QED) is 0.478. The van der Waals surface area contributed by atoms with E-state index >= 15 is 0 Å². The lowest BCUT2D eigenvalue weighted by molar-refractivity contribution is -0.139. The Morgan fingerprint density at radius 2 is 2.08 bits per heavy atom. The first kappa shape index (κ1) is 25.9. The first-order valence-corrected chi connectivity index (χ1v) is 12.3. The molecule has 0 bridgehead atoms. The van der Waals surface area contributed by atoms with Crippen molar-refractivity contribution < 1.29 is 27.9 Å². The highest BCUT2D eigenvalue weighted by molar-refractivity contribution is 5.96. The lowest BCUT2D eigenvalue weighted by Gasteiger charge is -2.20. The van der Waals surface area contributed by atoms with Gasteiger partial charge in [-0.15, -0.1) is 0 Å². The molecule has 10 heteroatoms. The molecule has 2 aliphatic rings.